The number of rotatable bonds is 7. The van der Waals surface area contributed by atoms with E-state index in [-0.39, 0.29) is 5.91 Å². The summed E-state index contributed by atoms with van der Waals surface area (Å²) in [6.07, 6.45) is 3.38. The number of aryl methyl sites for hydroxylation is 1. The van der Waals surface area contributed by atoms with Crippen LogP contribution in [0.1, 0.15) is 45.8 Å². The molecule has 0 spiro atoms. The van der Waals surface area contributed by atoms with E-state index in [9.17, 15) is 4.79 Å². The molecule has 4 rings (SSSR count). The van der Waals surface area contributed by atoms with E-state index >= 15 is 0 Å². The Morgan fingerprint density at radius 1 is 1.14 bits per heavy atom. The number of methoxy groups -OCH3 is 1. The van der Waals surface area contributed by atoms with Crippen LogP contribution in [0.5, 0.6) is 5.75 Å². The number of likely N-dealkylation sites (tertiary alicyclic amines) is 1. The number of hydrogen-bond acceptors (Lipinski definition) is 5. The van der Waals surface area contributed by atoms with Crippen LogP contribution in [-0.4, -0.2) is 55.5 Å². The number of benzene rings is 1. The van der Waals surface area contributed by atoms with Crippen molar-refractivity contribution in [2.45, 2.75) is 39.3 Å². The summed E-state index contributed by atoms with van der Waals surface area (Å²) < 4.78 is 11.2. The highest BCUT2D eigenvalue weighted by Crippen LogP contribution is 2.29. The number of carbonyl (C=O) groups excluding carboxylic acids is 1. The average Bonchev–Trinajstić information content (AvgIpc) is 3.35. The fourth-order valence-electron chi connectivity index (χ4n) is 4.42. The number of ether oxygens (including phenoxy) is 1. The van der Waals surface area contributed by atoms with Crippen molar-refractivity contribution in [2.24, 2.45) is 0 Å². The predicted octanol–water partition coefficient (Wildman–Crippen LogP) is 2.98. The first-order chi connectivity index (χ1) is 14.1. The van der Waals surface area contributed by atoms with Crippen molar-refractivity contribution in [1.82, 2.24) is 15.1 Å². The molecule has 0 radical (unpaired) electrons. The highest BCUT2D eigenvalue weighted by Gasteiger charge is 2.28. The molecule has 0 atom stereocenters. The zero-order valence-electron chi connectivity index (χ0n) is 17.5. The fraction of sp³-hybridized carbons (Fsp3) is 0.522. The van der Waals surface area contributed by atoms with E-state index < -0.39 is 0 Å². The third-order valence-electron chi connectivity index (χ3n) is 6.01. The molecular formula is C23H31N3O3. The Bertz CT molecular complexity index is 838. The minimum absolute atomic E-state index is 0.00186. The summed E-state index contributed by atoms with van der Waals surface area (Å²) in [5.41, 5.74) is 3.04. The predicted molar refractivity (Wildman–Crippen MR) is 112 cm³/mol. The topological polar surface area (TPSA) is 58.0 Å². The maximum Gasteiger partial charge on any atom is 0.255 e. The first-order valence-electron chi connectivity index (χ1n) is 10.6. The van der Waals surface area contributed by atoms with Crippen molar-refractivity contribution in [3.63, 3.8) is 0 Å². The third-order valence-corrected chi connectivity index (χ3v) is 6.01. The van der Waals surface area contributed by atoms with Crippen molar-refractivity contribution in [3.05, 3.63) is 52.5 Å². The van der Waals surface area contributed by atoms with Gasteiger partial charge in [0.2, 0.25) is 0 Å². The molecular weight excluding hydrogens is 366 g/mol. The van der Waals surface area contributed by atoms with Gasteiger partial charge in [0, 0.05) is 44.7 Å². The number of nitrogens with one attached hydrogen (secondary N) is 1. The Kier molecular flexibility index (Phi) is 6.21. The monoisotopic (exact) mass is 397 g/mol. The van der Waals surface area contributed by atoms with E-state index in [2.05, 4.69) is 27.2 Å². The molecule has 1 aromatic carbocycles. The van der Waals surface area contributed by atoms with Crippen molar-refractivity contribution in [3.8, 4) is 5.75 Å². The van der Waals surface area contributed by atoms with Gasteiger partial charge in [0.15, 0.2) is 0 Å². The number of hydrogen-bond donors (Lipinski definition) is 1. The van der Waals surface area contributed by atoms with Gasteiger partial charge < -0.3 is 19.4 Å². The Morgan fingerprint density at radius 3 is 2.62 bits per heavy atom. The molecule has 1 fully saturated rings. The molecule has 1 aromatic heterocycles. The molecule has 0 bridgehead atoms. The van der Waals surface area contributed by atoms with Gasteiger partial charge in [0.1, 0.15) is 17.3 Å². The number of amides is 1. The SMILES string of the molecule is COc1ccc(CN2CCc3oc(C)c(C(=O)NCCN4CCCC4)c3C2)cc1. The second kappa shape index (κ2) is 9.01. The van der Waals surface area contributed by atoms with E-state index in [1.807, 2.05) is 19.1 Å². The lowest BCUT2D eigenvalue weighted by Crippen LogP contribution is -2.35. The minimum Gasteiger partial charge on any atom is -0.497 e. The van der Waals surface area contributed by atoms with Crippen LogP contribution in [0.15, 0.2) is 28.7 Å². The molecule has 156 valence electrons. The normalized spacial score (nSPS) is 17.3. The summed E-state index contributed by atoms with van der Waals surface area (Å²) in [6, 6.07) is 8.18. The lowest BCUT2D eigenvalue weighted by Gasteiger charge is -2.26. The number of furan rings is 1. The maximum absolute atomic E-state index is 12.9. The van der Waals surface area contributed by atoms with Crippen molar-refractivity contribution in [1.29, 1.82) is 0 Å². The smallest absolute Gasteiger partial charge is 0.255 e. The second-order valence-corrected chi connectivity index (χ2v) is 8.05. The minimum atomic E-state index is -0.00186. The first-order valence-corrected chi connectivity index (χ1v) is 10.6. The number of fused-ring (bicyclic) bond motifs is 1. The molecule has 1 saturated heterocycles. The standard InChI is InChI=1S/C23H31N3O3/c1-17-22(23(27)24-10-14-25-11-3-4-12-25)20-16-26(13-9-21(20)29-17)15-18-5-7-19(28-2)8-6-18/h5-8H,3-4,9-16H2,1-2H3,(H,24,27). The van der Waals surface area contributed by atoms with Crippen LogP contribution in [0.25, 0.3) is 0 Å². The first kappa shape index (κ1) is 20.0. The molecule has 1 N–H and O–H groups in total. The van der Waals surface area contributed by atoms with E-state index in [4.69, 9.17) is 9.15 Å². The van der Waals surface area contributed by atoms with E-state index in [1.165, 1.54) is 18.4 Å². The number of carbonyl (C=O) groups is 1. The summed E-state index contributed by atoms with van der Waals surface area (Å²) in [4.78, 5) is 17.7. The van der Waals surface area contributed by atoms with Gasteiger partial charge >= 0.3 is 0 Å². The molecule has 2 aromatic rings. The Labute approximate surface area is 172 Å². The summed E-state index contributed by atoms with van der Waals surface area (Å²) in [6.45, 7) is 8.34. The zero-order valence-corrected chi connectivity index (χ0v) is 17.5. The lowest BCUT2D eigenvalue weighted by molar-refractivity contribution is 0.0946. The van der Waals surface area contributed by atoms with Crippen LogP contribution < -0.4 is 10.1 Å². The summed E-state index contributed by atoms with van der Waals surface area (Å²) >= 11 is 0. The van der Waals surface area contributed by atoms with Gasteiger partial charge in [0.05, 0.1) is 12.7 Å². The number of nitrogens with zero attached hydrogens (tertiary/aromatic N) is 2. The van der Waals surface area contributed by atoms with E-state index in [0.717, 1.165) is 74.1 Å². The van der Waals surface area contributed by atoms with Crippen molar-refractivity contribution in [2.75, 3.05) is 39.8 Å². The molecule has 0 unspecified atom stereocenters. The van der Waals surface area contributed by atoms with Crippen LogP contribution in [0.4, 0.5) is 0 Å². The highest BCUT2D eigenvalue weighted by atomic mass is 16.5. The van der Waals surface area contributed by atoms with Gasteiger partial charge in [-0.25, -0.2) is 0 Å². The Morgan fingerprint density at radius 2 is 1.90 bits per heavy atom. The van der Waals surface area contributed by atoms with Gasteiger partial charge in [-0.15, -0.1) is 0 Å². The van der Waals surface area contributed by atoms with E-state index in [1.54, 1.807) is 7.11 Å². The van der Waals surface area contributed by atoms with Crippen molar-refractivity contribution >= 4 is 5.91 Å². The molecule has 1 amide bonds. The van der Waals surface area contributed by atoms with Gasteiger partial charge in [0.25, 0.3) is 5.91 Å². The van der Waals surface area contributed by atoms with E-state index in [0.29, 0.717) is 6.54 Å². The molecule has 2 aliphatic heterocycles. The average molecular weight is 398 g/mol. The third kappa shape index (κ3) is 4.65. The summed E-state index contributed by atoms with van der Waals surface area (Å²) in [7, 11) is 1.68. The molecule has 2 aliphatic rings. The van der Waals surface area contributed by atoms with Crippen LogP contribution in [0, 0.1) is 6.92 Å². The molecule has 6 nitrogen and oxygen atoms in total. The quantitative estimate of drug-likeness (QED) is 0.778. The maximum atomic E-state index is 12.9. The van der Waals surface area contributed by atoms with Gasteiger partial charge in [-0.2, -0.15) is 0 Å². The lowest BCUT2D eigenvalue weighted by atomic mass is 10.0. The van der Waals surface area contributed by atoms with Gasteiger partial charge in [-0.3, -0.25) is 9.69 Å². The molecule has 0 saturated carbocycles. The summed E-state index contributed by atoms with van der Waals surface area (Å²) in [5, 5.41) is 3.11. The molecule has 3 heterocycles. The molecule has 0 aliphatic carbocycles. The summed E-state index contributed by atoms with van der Waals surface area (Å²) in [5.74, 6) is 2.57. The zero-order chi connectivity index (χ0) is 20.2. The van der Waals surface area contributed by atoms with Crippen LogP contribution in [-0.2, 0) is 19.5 Å². The molecule has 6 heteroatoms. The second-order valence-electron chi connectivity index (χ2n) is 8.05. The van der Waals surface area contributed by atoms with Crippen LogP contribution >= 0.6 is 0 Å². The fourth-order valence-corrected chi connectivity index (χ4v) is 4.42. The van der Waals surface area contributed by atoms with Crippen molar-refractivity contribution < 1.29 is 13.9 Å². The van der Waals surface area contributed by atoms with Crippen LogP contribution in [0.3, 0.4) is 0 Å². The van der Waals surface area contributed by atoms with Gasteiger partial charge in [-0.1, -0.05) is 12.1 Å². The highest BCUT2D eigenvalue weighted by molar-refractivity contribution is 5.97. The largest absolute Gasteiger partial charge is 0.497 e. The Balaban J connectivity index is 1.39. The van der Waals surface area contributed by atoms with Crippen LogP contribution in [0.2, 0.25) is 0 Å². The molecule has 29 heavy (non-hydrogen) atoms. The Hall–Kier alpha value is -2.31. The van der Waals surface area contributed by atoms with Gasteiger partial charge in [-0.05, 0) is 50.6 Å².